The van der Waals surface area contributed by atoms with Gasteiger partial charge in [-0.15, -0.1) is 16.4 Å². The quantitative estimate of drug-likeness (QED) is 0.749. The molecular formula is C19H21N5O2S. The van der Waals surface area contributed by atoms with E-state index in [1.54, 1.807) is 41.0 Å². The number of benzene rings is 1. The summed E-state index contributed by atoms with van der Waals surface area (Å²) in [6, 6.07) is 7.67. The lowest BCUT2D eigenvalue weighted by molar-refractivity contribution is 0.0496. The number of hydrogen-bond acceptors (Lipinski definition) is 6. The molecule has 1 N–H and O–H groups in total. The van der Waals surface area contributed by atoms with Gasteiger partial charge in [-0.3, -0.25) is 4.79 Å². The first-order chi connectivity index (χ1) is 12.8. The van der Waals surface area contributed by atoms with Crippen LogP contribution in [0.25, 0.3) is 11.3 Å². The largest absolute Gasteiger partial charge is 0.384 e. The average Bonchev–Trinajstić information content (AvgIpc) is 3.22. The second-order valence-corrected chi connectivity index (χ2v) is 8.40. The number of carbonyl (C=O) groups excluding carboxylic acids is 1. The predicted octanol–water partition coefficient (Wildman–Crippen LogP) is 2.63. The molecule has 27 heavy (non-hydrogen) atoms. The van der Waals surface area contributed by atoms with Crippen molar-refractivity contribution in [3.05, 3.63) is 52.1 Å². The molecule has 0 radical (unpaired) electrons. The van der Waals surface area contributed by atoms with Gasteiger partial charge in [0, 0.05) is 29.6 Å². The van der Waals surface area contributed by atoms with E-state index in [1.165, 1.54) is 0 Å². The van der Waals surface area contributed by atoms with E-state index in [2.05, 4.69) is 15.3 Å². The van der Waals surface area contributed by atoms with Crippen molar-refractivity contribution in [1.29, 1.82) is 0 Å². The van der Waals surface area contributed by atoms with Crippen molar-refractivity contribution in [1.82, 2.24) is 24.9 Å². The maximum absolute atomic E-state index is 12.8. The molecule has 1 saturated heterocycles. The van der Waals surface area contributed by atoms with Gasteiger partial charge in [-0.2, -0.15) is 0 Å². The van der Waals surface area contributed by atoms with Gasteiger partial charge in [-0.05, 0) is 32.9 Å². The lowest BCUT2D eigenvalue weighted by Gasteiger charge is -2.39. The number of aromatic nitrogens is 4. The average molecular weight is 383 g/mol. The number of likely N-dealkylation sites (tertiary alicyclic amines) is 1. The molecule has 0 aliphatic carbocycles. The molecule has 0 spiro atoms. The highest BCUT2D eigenvalue weighted by molar-refractivity contribution is 7.09. The minimum atomic E-state index is -1.02. The highest BCUT2D eigenvalue weighted by Crippen LogP contribution is 2.27. The first-order valence-corrected chi connectivity index (χ1v) is 9.66. The molecule has 7 nitrogen and oxygen atoms in total. The molecule has 0 unspecified atom stereocenters. The van der Waals surface area contributed by atoms with Crippen LogP contribution in [0.5, 0.6) is 0 Å². The normalized spacial score (nSPS) is 15.0. The van der Waals surface area contributed by atoms with Gasteiger partial charge < -0.3 is 10.0 Å². The Kier molecular flexibility index (Phi) is 4.32. The summed E-state index contributed by atoms with van der Waals surface area (Å²) in [7, 11) is 0. The van der Waals surface area contributed by atoms with E-state index in [0.717, 1.165) is 16.3 Å². The van der Waals surface area contributed by atoms with Crippen molar-refractivity contribution in [2.24, 2.45) is 0 Å². The van der Waals surface area contributed by atoms with Crippen LogP contribution >= 0.6 is 11.3 Å². The Bertz CT molecular complexity index is 982. The molecule has 1 aliphatic heterocycles. The Balaban J connectivity index is 1.44. The van der Waals surface area contributed by atoms with Gasteiger partial charge in [-0.25, -0.2) is 9.67 Å². The fourth-order valence-electron chi connectivity index (χ4n) is 3.01. The Labute approximate surface area is 161 Å². The van der Waals surface area contributed by atoms with E-state index in [-0.39, 0.29) is 11.9 Å². The minimum absolute atomic E-state index is 0.00267. The number of thiazole rings is 1. The topological polar surface area (TPSA) is 84.1 Å². The third kappa shape index (κ3) is 3.50. The van der Waals surface area contributed by atoms with Crippen LogP contribution in [0.3, 0.4) is 0 Å². The smallest absolute Gasteiger partial charge is 0.254 e. The number of amides is 1. The third-order valence-electron chi connectivity index (χ3n) is 4.69. The monoisotopic (exact) mass is 383 g/mol. The Hall–Kier alpha value is -2.58. The van der Waals surface area contributed by atoms with Crippen LogP contribution in [0.15, 0.2) is 35.8 Å². The van der Waals surface area contributed by atoms with Gasteiger partial charge in [0.05, 0.1) is 22.9 Å². The molecule has 4 rings (SSSR count). The first kappa shape index (κ1) is 17.8. The van der Waals surface area contributed by atoms with Crippen molar-refractivity contribution >= 4 is 17.2 Å². The molecule has 0 atom stereocenters. The van der Waals surface area contributed by atoms with Gasteiger partial charge in [0.15, 0.2) is 0 Å². The molecule has 0 bridgehead atoms. The molecule has 1 amide bonds. The fraction of sp³-hybridized carbons (Fsp3) is 0.368. The molecule has 2 aromatic heterocycles. The van der Waals surface area contributed by atoms with Crippen molar-refractivity contribution in [2.75, 3.05) is 13.1 Å². The minimum Gasteiger partial charge on any atom is -0.384 e. The van der Waals surface area contributed by atoms with E-state index in [0.29, 0.717) is 24.3 Å². The Morgan fingerprint density at radius 3 is 2.74 bits per heavy atom. The zero-order valence-electron chi connectivity index (χ0n) is 15.5. The van der Waals surface area contributed by atoms with Crippen molar-refractivity contribution in [2.45, 2.75) is 32.4 Å². The molecule has 0 saturated carbocycles. The summed E-state index contributed by atoms with van der Waals surface area (Å²) in [6.45, 7) is 6.47. The van der Waals surface area contributed by atoms with Gasteiger partial charge >= 0.3 is 0 Å². The lowest BCUT2D eigenvalue weighted by atomic mass is 10.0. The Morgan fingerprint density at radius 1 is 1.33 bits per heavy atom. The second kappa shape index (κ2) is 6.54. The summed E-state index contributed by atoms with van der Waals surface area (Å²) in [4.78, 5) is 19.1. The molecular weight excluding hydrogens is 362 g/mol. The number of carbonyl (C=O) groups is 1. The van der Waals surface area contributed by atoms with Crippen molar-refractivity contribution in [3.63, 3.8) is 0 Å². The number of nitrogens with zero attached hydrogens (tertiary/aromatic N) is 5. The number of rotatable bonds is 4. The van der Waals surface area contributed by atoms with Crippen LogP contribution in [0.4, 0.5) is 0 Å². The third-order valence-corrected chi connectivity index (χ3v) is 5.46. The molecule has 1 fully saturated rings. The molecule has 1 aromatic carbocycles. The zero-order chi connectivity index (χ0) is 19.2. The summed E-state index contributed by atoms with van der Waals surface area (Å²) in [5.41, 5.74) is 2.01. The first-order valence-electron chi connectivity index (χ1n) is 8.78. The van der Waals surface area contributed by atoms with E-state index in [4.69, 9.17) is 0 Å². The van der Waals surface area contributed by atoms with Crippen molar-refractivity contribution in [3.8, 4) is 11.3 Å². The molecule has 3 aromatic rings. The highest BCUT2D eigenvalue weighted by atomic mass is 32.1. The van der Waals surface area contributed by atoms with E-state index in [9.17, 15) is 9.90 Å². The fourth-order valence-corrected chi connectivity index (χ4v) is 3.64. The molecule has 3 heterocycles. The van der Waals surface area contributed by atoms with E-state index in [1.807, 2.05) is 36.6 Å². The summed E-state index contributed by atoms with van der Waals surface area (Å²) in [5.74, 6) is 0.00267. The molecule has 8 heteroatoms. The van der Waals surface area contributed by atoms with Crippen LogP contribution in [0.1, 0.15) is 40.9 Å². The van der Waals surface area contributed by atoms with E-state index >= 15 is 0 Å². The zero-order valence-corrected chi connectivity index (χ0v) is 16.3. The highest BCUT2D eigenvalue weighted by Gasteiger charge is 2.34. The second-order valence-electron chi connectivity index (χ2n) is 7.34. The predicted molar refractivity (Wildman–Crippen MR) is 102 cm³/mol. The summed E-state index contributed by atoms with van der Waals surface area (Å²) < 4.78 is 1.73. The SMILES string of the molecule is Cc1nc(-c2cccc(C(=O)N3CC(n4cc(C(C)(C)O)nn4)C3)c2)cs1. The standard InChI is InChI=1S/C19H21N5O2S/c1-12-20-16(11-27-12)13-5-4-6-14(7-13)18(25)23-8-15(9-23)24-10-17(21-22-24)19(2,3)26/h4-7,10-11,15,26H,8-9H2,1-3H3. The van der Waals surface area contributed by atoms with Crippen LogP contribution in [-0.2, 0) is 5.60 Å². The number of hydrogen-bond donors (Lipinski definition) is 1. The van der Waals surface area contributed by atoms with Gasteiger partial charge in [-0.1, -0.05) is 17.3 Å². The van der Waals surface area contributed by atoms with Gasteiger partial charge in [0.25, 0.3) is 5.91 Å². The summed E-state index contributed by atoms with van der Waals surface area (Å²) in [6.07, 6.45) is 1.75. The Morgan fingerprint density at radius 2 is 2.11 bits per heavy atom. The van der Waals surface area contributed by atoms with Crippen LogP contribution in [-0.4, -0.2) is 49.0 Å². The summed E-state index contributed by atoms with van der Waals surface area (Å²) in [5, 5.41) is 21.1. The van der Waals surface area contributed by atoms with E-state index < -0.39 is 5.60 Å². The van der Waals surface area contributed by atoms with Crippen molar-refractivity contribution < 1.29 is 9.90 Å². The van der Waals surface area contributed by atoms with Crippen LogP contribution in [0.2, 0.25) is 0 Å². The lowest BCUT2D eigenvalue weighted by Crippen LogP contribution is -2.50. The number of aliphatic hydroxyl groups is 1. The van der Waals surface area contributed by atoms with Crippen LogP contribution in [0, 0.1) is 6.92 Å². The molecule has 1 aliphatic rings. The number of aryl methyl sites for hydroxylation is 1. The van der Waals surface area contributed by atoms with Gasteiger partial charge in [0.2, 0.25) is 0 Å². The maximum atomic E-state index is 12.8. The maximum Gasteiger partial charge on any atom is 0.254 e. The molecule has 140 valence electrons. The van der Waals surface area contributed by atoms with Crippen LogP contribution < -0.4 is 0 Å². The van der Waals surface area contributed by atoms with Gasteiger partial charge in [0.1, 0.15) is 11.3 Å². The summed E-state index contributed by atoms with van der Waals surface area (Å²) >= 11 is 1.60.